The maximum atomic E-state index is 12.3. The number of hydrogen-bond acceptors (Lipinski definition) is 9. The Morgan fingerprint density at radius 2 is 0.873 bits per heavy atom. The Morgan fingerprint density at radius 3 is 1.21 bits per heavy atom. The van der Waals surface area contributed by atoms with Crippen molar-refractivity contribution in [3.05, 3.63) is 88.0 Å². The minimum absolute atomic E-state index is 0. The van der Waals surface area contributed by atoms with Gasteiger partial charge in [0.05, 0.1) is 38.1 Å². The highest BCUT2D eigenvalue weighted by Crippen LogP contribution is 2.39. The third-order valence-corrected chi connectivity index (χ3v) is 12.0. The van der Waals surface area contributed by atoms with E-state index in [4.69, 9.17) is 28.4 Å². The van der Waals surface area contributed by atoms with E-state index in [1.165, 1.54) is 16.7 Å². The first kappa shape index (κ1) is 62.8. The summed E-state index contributed by atoms with van der Waals surface area (Å²) in [5.41, 5.74) is 6.27. The van der Waals surface area contributed by atoms with Crippen LogP contribution in [0.5, 0.6) is 17.2 Å². The second kappa shape index (κ2) is 28.3. The van der Waals surface area contributed by atoms with Gasteiger partial charge < -0.3 is 28.4 Å². The number of rotatable bonds is 12. The summed E-state index contributed by atoms with van der Waals surface area (Å²) in [4.78, 5) is 36.2. The zero-order chi connectivity index (χ0) is 41.9. The van der Waals surface area contributed by atoms with Gasteiger partial charge in [0.15, 0.2) is 0 Å². The van der Waals surface area contributed by atoms with Crippen molar-refractivity contribution in [2.75, 3.05) is 21.3 Å². The Balaban J connectivity index is -0.000000819. The topological polar surface area (TPSA) is 107 Å². The number of methoxy groups -OCH3 is 3. The van der Waals surface area contributed by atoms with Gasteiger partial charge in [0.25, 0.3) is 0 Å². The number of carbonyl (C=O) groups excluding carboxylic acids is 3. The van der Waals surface area contributed by atoms with Crippen LogP contribution >= 0.6 is 0 Å². The van der Waals surface area contributed by atoms with E-state index in [1.54, 1.807) is 21.3 Å². The lowest BCUT2D eigenvalue weighted by Gasteiger charge is -2.29. The van der Waals surface area contributed by atoms with Crippen LogP contribution < -0.4 is 14.2 Å². The number of carbonyl (C=O) groups is 3. The van der Waals surface area contributed by atoms with Crippen molar-refractivity contribution in [2.45, 2.75) is 182 Å². The highest BCUT2D eigenvalue weighted by Gasteiger charge is 2.34. The molecule has 0 spiro atoms. The summed E-state index contributed by atoms with van der Waals surface area (Å²) in [6, 6.07) is 18.0. The smallest absolute Gasteiger partial charge is 0.312 e. The Hall–Kier alpha value is -4.53. The fourth-order valence-electron chi connectivity index (χ4n) is 6.89. The minimum Gasteiger partial charge on any atom is -0.497 e. The minimum atomic E-state index is -0.413. The summed E-state index contributed by atoms with van der Waals surface area (Å²) >= 11 is 0. The van der Waals surface area contributed by atoms with Gasteiger partial charge in [-0.2, -0.15) is 0 Å². The molecule has 0 aliphatic heterocycles. The van der Waals surface area contributed by atoms with E-state index in [-0.39, 0.29) is 86.7 Å². The molecule has 63 heavy (non-hydrogen) atoms. The summed E-state index contributed by atoms with van der Waals surface area (Å²) in [6.07, 6.45) is 8.73. The molecular formula is C54H90O9. The molecule has 0 N–H and O–H groups in total. The van der Waals surface area contributed by atoms with Crippen LogP contribution in [-0.2, 0) is 47.9 Å². The predicted molar refractivity (Wildman–Crippen MR) is 263 cm³/mol. The lowest BCUT2D eigenvalue weighted by atomic mass is 9.87. The van der Waals surface area contributed by atoms with Gasteiger partial charge in [-0.1, -0.05) is 90.5 Å². The quantitative estimate of drug-likeness (QED) is 0.130. The average molecular weight is 883 g/mol. The lowest BCUT2D eigenvalue weighted by molar-refractivity contribution is -0.161. The number of hydrogen-bond donors (Lipinski definition) is 0. The van der Waals surface area contributed by atoms with E-state index in [9.17, 15) is 14.4 Å². The number of aryl methyl sites for hydroxylation is 3. The summed E-state index contributed by atoms with van der Waals surface area (Å²) in [7, 11) is 5.00. The molecule has 360 valence electrons. The van der Waals surface area contributed by atoms with Gasteiger partial charge in [-0.15, -0.1) is 0 Å². The number of fused-ring (bicyclic) bond motifs is 3. The Kier molecular flexibility index (Phi) is 28.2. The third kappa shape index (κ3) is 16.2. The molecule has 4 unspecified atom stereocenters. The van der Waals surface area contributed by atoms with Gasteiger partial charge in [0.1, 0.15) is 35.6 Å². The van der Waals surface area contributed by atoms with Crippen molar-refractivity contribution < 1.29 is 42.8 Å². The fraction of sp³-hybridized carbons (Fsp3) is 0.611. The summed E-state index contributed by atoms with van der Waals surface area (Å²) in [5.74, 6) is 2.27. The van der Waals surface area contributed by atoms with Gasteiger partial charge in [0.2, 0.25) is 0 Å². The molecule has 0 amide bonds. The van der Waals surface area contributed by atoms with Crippen LogP contribution in [0.15, 0.2) is 54.6 Å². The third-order valence-electron chi connectivity index (χ3n) is 12.0. The van der Waals surface area contributed by atoms with Gasteiger partial charge >= 0.3 is 17.9 Å². The van der Waals surface area contributed by atoms with Crippen LogP contribution in [0, 0.1) is 16.7 Å². The first-order valence-corrected chi connectivity index (χ1v) is 20.7. The average Bonchev–Trinajstić information content (AvgIpc) is 3.83. The molecule has 0 bridgehead atoms. The fourth-order valence-corrected chi connectivity index (χ4v) is 6.89. The van der Waals surface area contributed by atoms with Crippen molar-refractivity contribution in [2.24, 2.45) is 16.7 Å². The van der Waals surface area contributed by atoms with Crippen LogP contribution in [0.1, 0.15) is 197 Å². The van der Waals surface area contributed by atoms with E-state index in [0.717, 1.165) is 98.1 Å². The highest BCUT2D eigenvalue weighted by molar-refractivity contribution is 5.77. The van der Waals surface area contributed by atoms with E-state index in [1.807, 2.05) is 104 Å². The second-order valence-electron chi connectivity index (χ2n) is 16.7. The van der Waals surface area contributed by atoms with E-state index >= 15 is 0 Å². The van der Waals surface area contributed by atoms with Gasteiger partial charge in [0, 0.05) is 0 Å². The molecule has 3 aromatic rings. The Morgan fingerprint density at radius 1 is 0.540 bits per heavy atom. The molecule has 9 heteroatoms. The first-order valence-electron chi connectivity index (χ1n) is 20.7. The molecule has 0 saturated heterocycles. The zero-order valence-electron chi connectivity index (χ0n) is 36.3. The molecule has 0 radical (unpaired) electrons. The maximum absolute atomic E-state index is 12.3. The maximum Gasteiger partial charge on any atom is 0.312 e. The standard InChI is InChI=1S/C17H24O3.C16H22O3.C15H20O3.6CH4/c1-5-17(2,3)16(18)20-15-8-6-7-12-11-13(19-4)9-10-14(12)15;1-5-16(2,3)15(17)19-14-9-6-11-10-12(18-4)7-8-13(11)14;1-4-10(2)15(16)18-14-8-5-11-9-12(17-3)6-7-13(11)14;;;;;;/h9-11,15H,5-8H2,1-4H3;7-8,10,14H,5-6,9H2,1-4H3;6-7,9-10,14H,4-5,8H2,1-3H3;6*1H4. The number of ether oxygens (including phenoxy) is 6. The molecule has 0 fully saturated rings. The molecule has 0 heterocycles. The van der Waals surface area contributed by atoms with Gasteiger partial charge in [-0.25, -0.2) is 0 Å². The Labute approximate surface area is 385 Å². The number of benzene rings is 3. The molecule has 6 rings (SSSR count). The zero-order valence-corrected chi connectivity index (χ0v) is 36.3. The van der Waals surface area contributed by atoms with Crippen LogP contribution in [0.2, 0.25) is 0 Å². The second-order valence-corrected chi connectivity index (χ2v) is 16.7. The van der Waals surface area contributed by atoms with Crippen molar-refractivity contribution in [3.63, 3.8) is 0 Å². The van der Waals surface area contributed by atoms with Crippen LogP contribution in [0.3, 0.4) is 0 Å². The molecule has 3 aliphatic carbocycles. The van der Waals surface area contributed by atoms with Gasteiger partial charge in [-0.05, 0) is 162 Å². The highest BCUT2D eigenvalue weighted by atomic mass is 16.6. The normalized spacial score (nSPS) is 16.7. The molecule has 3 aliphatic rings. The van der Waals surface area contributed by atoms with E-state index in [0.29, 0.717) is 0 Å². The Bertz CT molecular complexity index is 1830. The summed E-state index contributed by atoms with van der Waals surface area (Å²) in [5, 5.41) is 0. The molecule has 0 saturated carbocycles. The summed E-state index contributed by atoms with van der Waals surface area (Å²) in [6.45, 7) is 15.7. The van der Waals surface area contributed by atoms with Crippen LogP contribution in [-0.4, -0.2) is 39.2 Å². The lowest BCUT2D eigenvalue weighted by Crippen LogP contribution is -2.28. The molecular weight excluding hydrogens is 793 g/mol. The monoisotopic (exact) mass is 883 g/mol. The first-order chi connectivity index (χ1) is 27.1. The van der Waals surface area contributed by atoms with Crippen molar-refractivity contribution >= 4 is 17.9 Å². The van der Waals surface area contributed by atoms with Crippen molar-refractivity contribution in [1.29, 1.82) is 0 Å². The van der Waals surface area contributed by atoms with Crippen molar-refractivity contribution in [3.8, 4) is 17.2 Å². The molecule has 0 aromatic heterocycles. The molecule has 3 aromatic carbocycles. The number of esters is 3. The van der Waals surface area contributed by atoms with Crippen LogP contribution in [0.4, 0.5) is 0 Å². The predicted octanol–water partition coefficient (Wildman–Crippen LogP) is 14.8. The largest absolute Gasteiger partial charge is 0.497 e. The van der Waals surface area contributed by atoms with E-state index < -0.39 is 10.8 Å². The van der Waals surface area contributed by atoms with E-state index in [2.05, 4.69) is 6.07 Å². The molecule has 9 nitrogen and oxygen atoms in total. The summed E-state index contributed by atoms with van der Waals surface area (Å²) < 4.78 is 32.7. The van der Waals surface area contributed by atoms with Crippen molar-refractivity contribution in [1.82, 2.24) is 0 Å². The van der Waals surface area contributed by atoms with Crippen LogP contribution in [0.25, 0.3) is 0 Å². The SMILES string of the molecule is C.C.C.C.C.C.CCC(C)(C)C(=O)OC1CCCc2cc(OC)ccc21.CCC(C)(C)C(=O)OC1CCc2cc(OC)ccc21.CCC(C)C(=O)OC1CCc2cc(OC)ccc21. The van der Waals surface area contributed by atoms with Gasteiger partial charge in [-0.3, -0.25) is 14.4 Å². The molecule has 4 atom stereocenters.